The van der Waals surface area contributed by atoms with E-state index in [1.165, 1.54) is 0 Å². The molecule has 2 aliphatic rings. The van der Waals surface area contributed by atoms with Crippen LogP contribution in [-0.2, 0) is 11.8 Å². The number of carbonyl (C=O) groups is 1. The summed E-state index contributed by atoms with van der Waals surface area (Å²) in [4.78, 5) is 16.9. The van der Waals surface area contributed by atoms with Gasteiger partial charge < -0.3 is 15.0 Å². The number of carbonyl (C=O) groups excluding carboxylic acids is 1. The number of likely N-dealkylation sites (tertiary alicyclic amines) is 1. The third-order valence-corrected chi connectivity index (χ3v) is 4.97. The topological polar surface area (TPSA) is 62.6 Å². The Morgan fingerprint density at radius 3 is 2.70 bits per heavy atom. The number of nitrogens with one attached hydrogen (secondary N) is 1. The standard InChI is InChI=1S/C16H27N5O2/c1-12-16(13(2)19(3)18-12)23-11-15(22)21-7-4-14(10-21)20-8-5-17-6-9-20/h14,17H,4-11H2,1-3H3. The van der Waals surface area contributed by atoms with Gasteiger partial charge in [0, 0.05) is 52.4 Å². The number of nitrogens with zero attached hydrogens (tertiary/aromatic N) is 4. The first-order valence-corrected chi connectivity index (χ1v) is 8.42. The summed E-state index contributed by atoms with van der Waals surface area (Å²) in [6, 6.07) is 0.503. The van der Waals surface area contributed by atoms with Crippen LogP contribution in [0.1, 0.15) is 17.8 Å². The van der Waals surface area contributed by atoms with E-state index in [9.17, 15) is 4.79 Å². The summed E-state index contributed by atoms with van der Waals surface area (Å²) in [5, 5.41) is 7.69. The third-order valence-electron chi connectivity index (χ3n) is 4.97. The van der Waals surface area contributed by atoms with Gasteiger partial charge in [0.2, 0.25) is 0 Å². The lowest BCUT2D eigenvalue weighted by Crippen LogP contribution is -2.49. The lowest BCUT2D eigenvalue weighted by Gasteiger charge is -2.32. The van der Waals surface area contributed by atoms with E-state index in [-0.39, 0.29) is 12.5 Å². The summed E-state index contributed by atoms with van der Waals surface area (Å²) in [5.41, 5.74) is 1.79. The minimum Gasteiger partial charge on any atom is -0.480 e. The van der Waals surface area contributed by atoms with Gasteiger partial charge in [-0.05, 0) is 20.3 Å². The number of hydrogen-bond donors (Lipinski definition) is 1. The number of piperazine rings is 1. The number of amides is 1. The summed E-state index contributed by atoms with van der Waals surface area (Å²) < 4.78 is 7.53. The molecule has 2 saturated heterocycles. The third kappa shape index (κ3) is 3.50. The SMILES string of the molecule is Cc1nn(C)c(C)c1OCC(=O)N1CCC(N2CCNCC2)C1. The Bertz CT molecular complexity index is 565. The molecule has 1 atom stereocenters. The first-order chi connectivity index (χ1) is 11.1. The minimum atomic E-state index is 0.0743. The van der Waals surface area contributed by atoms with Crippen LogP contribution in [0.15, 0.2) is 0 Å². The van der Waals surface area contributed by atoms with Gasteiger partial charge in [0.05, 0.1) is 5.69 Å². The van der Waals surface area contributed by atoms with Crippen LogP contribution in [-0.4, -0.2) is 77.4 Å². The first kappa shape index (κ1) is 16.3. The molecule has 1 aromatic heterocycles. The van der Waals surface area contributed by atoms with Crippen molar-refractivity contribution < 1.29 is 9.53 Å². The monoisotopic (exact) mass is 321 g/mol. The van der Waals surface area contributed by atoms with E-state index in [0.29, 0.717) is 6.04 Å². The summed E-state index contributed by atoms with van der Waals surface area (Å²) >= 11 is 0. The fraction of sp³-hybridized carbons (Fsp3) is 0.750. The molecule has 7 heteroatoms. The van der Waals surface area contributed by atoms with E-state index in [1.807, 2.05) is 25.8 Å². The number of aromatic nitrogens is 2. The molecule has 1 amide bonds. The molecule has 2 fully saturated rings. The van der Waals surface area contributed by atoms with E-state index in [4.69, 9.17) is 4.74 Å². The van der Waals surface area contributed by atoms with Crippen LogP contribution in [0.4, 0.5) is 0 Å². The fourth-order valence-corrected chi connectivity index (χ4v) is 3.50. The van der Waals surface area contributed by atoms with Crippen molar-refractivity contribution in [3.8, 4) is 5.75 Å². The molecular formula is C16H27N5O2. The van der Waals surface area contributed by atoms with Gasteiger partial charge in [0.15, 0.2) is 12.4 Å². The summed E-state index contributed by atoms with van der Waals surface area (Å²) in [5.74, 6) is 0.809. The van der Waals surface area contributed by atoms with Crippen LogP contribution in [0.2, 0.25) is 0 Å². The molecule has 1 unspecified atom stereocenters. The normalized spacial score (nSPS) is 22.6. The van der Waals surface area contributed by atoms with Crippen molar-refractivity contribution in [1.29, 1.82) is 0 Å². The molecule has 0 saturated carbocycles. The zero-order valence-corrected chi connectivity index (χ0v) is 14.3. The average Bonchev–Trinajstić information content (AvgIpc) is 3.13. The van der Waals surface area contributed by atoms with Crippen LogP contribution in [0.5, 0.6) is 5.75 Å². The molecule has 0 bridgehead atoms. The van der Waals surface area contributed by atoms with E-state index < -0.39 is 0 Å². The summed E-state index contributed by atoms with van der Waals surface area (Å²) in [6.45, 7) is 9.88. The summed E-state index contributed by atoms with van der Waals surface area (Å²) in [7, 11) is 1.88. The van der Waals surface area contributed by atoms with Gasteiger partial charge in [-0.1, -0.05) is 0 Å². The average molecular weight is 321 g/mol. The van der Waals surface area contributed by atoms with Crippen LogP contribution < -0.4 is 10.1 Å². The molecule has 1 aromatic rings. The molecule has 7 nitrogen and oxygen atoms in total. The van der Waals surface area contributed by atoms with E-state index in [1.54, 1.807) is 4.68 Å². The molecule has 0 aromatic carbocycles. The van der Waals surface area contributed by atoms with Crippen molar-refractivity contribution in [2.45, 2.75) is 26.3 Å². The maximum absolute atomic E-state index is 12.4. The van der Waals surface area contributed by atoms with Crippen molar-refractivity contribution >= 4 is 5.91 Å². The van der Waals surface area contributed by atoms with Crippen molar-refractivity contribution in [3.63, 3.8) is 0 Å². The van der Waals surface area contributed by atoms with Crippen LogP contribution >= 0.6 is 0 Å². The van der Waals surface area contributed by atoms with Gasteiger partial charge in [-0.3, -0.25) is 14.4 Å². The van der Waals surface area contributed by atoms with E-state index >= 15 is 0 Å². The maximum Gasteiger partial charge on any atom is 0.260 e. The Morgan fingerprint density at radius 1 is 1.30 bits per heavy atom. The smallest absolute Gasteiger partial charge is 0.260 e. The number of hydrogen-bond acceptors (Lipinski definition) is 5. The maximum atomic E-state index is 12.4. The molecule has 23 heavy (non-hydrogen) atoms. The van der Waals surface area contributed by atoms with E-state index in [0.717, 1.165) is 62.8 Å². The summed E-state index contributed by atoms with van der Waals surface area (Å²) in [6.07, 6.45) is 1.07. The van der Waals surface area contributed by atoms with Crippen molar-refractivity contribution in [3.05, 3.63) is 11.4 Å². The quantitative estimate of drug-likeness (QED) is 0.841. The predicted octanol–water partition coefficient (Wildman–Crippen LogP) is -0.0782. The molecule has 128 valence electrons. The Balaban J connectivity index is 1.51. The fourth-order valence-electron chi connectivity index (χ4n) is 3.50. The Hall–Kier alpha value is -1.60. The Morgan fingerprint density at radius 2 is 2.04 bits per heavy atom. The van der Waals surface area contributed by atoms with Crippen molar-refractivity contribution in [2.75, 3.05) is 45.9 Å². The zero-order chi connectivity index (χ0) is 16.4. The molecule has 0 radical (unpaired) electrons. The lowest BCUT2D eigenvalue weighted by atomic mass is 10.2. The van der Waals surface area contributed by atoms with Gasteiger partial charge in [-0.2, -0.15) is 5.10 Å². The second-order valence-electron chi connectivity index (χ2n) is 6.48. The Kier molecular flexibility index (Phi) is 4.87. The number of ether oxygens (including phenoxy) is 1. The molecule has 0 spiro atoms. The minimum absolute atomic E-state index is 0.0743. The highest BCUT2D eigenvalue weighted by Gasteiger charge is 2.31. The molecule has 0 aliphatic carbocycles. The number of aryl methyl sites for hydroxylation is 2. The molecule has 3 heterocycles. The van der Waals surface area contributed by atoms with E-state index in [2.05, 4.69) is 15.3 Å². The molecule has 2 aliphatic heterocycles. The predicted molar refractivity (Wildman–Crippen MR) is 87.6 cm³/mol. The first-order valence-electron chi connectivity index (χ1n) is 8.42. The van der Waals surface area contributed by atoms with Crippen LogP contribution in [0, 0.1) is 13.8 Å². The molecular weight excluding hydrogens is 294 g/mol. The zero-order valence-electron chi connectivity index (χ0n) is 14.3. The highest BCUT2D eigenvalue weighted by atomic mass is 16.5. The van der Waals surface area contributed by atoms with Gasteiger partial charge in [0.25, 0.3) is 5.91 Å². The second-order valence-corrected chi connectivity index (χ2v) is 6.48. The largest absolute Gasteiger partial charge is 0.480 e. The number of rotatable bonds is 4. The molecule has 1 N–H and O–H groups in total. The highest BCUT2D eigenvalue weighted by Crippen LogP contribution is 2.22. The van der Waals surface area contributed by atoms with Crippen molar-refractivity contribution in [2.24, 2.45) is 7.05 Å². The van der Waals surface area contributed by atoms with Gasteiger partial charge >= 0.3 is 0 Å². The van der Waals surface area contributed by atoms with Crippen LogP contribution in [0.3, 0.4) is 0 Å². The lowest BCUT2D eigenvalue weighted by molar-refractivity contribution is -0.132. The van der Waals surface area contributed by atoms with Crippen LogP contribution in [0.25, 0.3) is 0 Å². The molecule has 3 rings (SSSR count). The second kappa shape index (κ2) is 6.88. The van der Waals surface area contributed by atoms with Gasteiger partial charge in [-0.15, -0.1) is 0 Å². The van der Waals surface area contributed by atoms with Gasteiger partial charge in [0.1, 0.15) is 5.69 Å². The van der Waals surface area contributed by atoms with Crippen molar-refractivity contribution in [1.82, 2.24) is 24.9 Å². The van der Waals surface area contributed by atoms with Gasteiger partial charge in [-0.25, -0.2) is 0 Å². The highest BCUT2D eigenvalue weighted by molar-refractivity contribution is 5.78. The Labute approximate surface area is 137 Å².